The molecule has 0 radical (unpaired) electrons. The number of aryl methyl sites for hydroxylation is 1. The van der Waals surface area contributed by atoms with E-state index in [0.29, 0.717) is 0 Å². The molecule has 7 rings (SSSR count). The van der Waals surface area contributed by atoms with Crippen molar-refractivity contribution in [1.82, 2.24) is 0 Å². The predicted octanol–water partition coefficient (Wildman–Crippen LogP) is 10.0. The van der Waals surface area contributed by atoms with Crippen molar-refractivity contribution < 1.29 is 0 Å². The van der Waals surface area contributed by atoms with Gasteiger partial charge in [-0.2, -0.15) is 0 Å². The van der Waals surface area contributed by atoms with Crippen LogP contribution in [-0.2, 0) is 0 Å². The number of hydrogen-bond acceptors (Lipinski definition) is 1. The van der Waals surface area contributed by atoms with Gasteiger partial charge in [0, 0.05) is 20.2 Å². The van der Waals surface area contributed by atoms with E-state index in [0.717, 1.165) is 0 Å². The first-order valence-electron chi connectivity index (χ1n) is 11.7. The largest absolute Gasteiger partial charge is 0.135 e. The lowest BCUT2D eigenvalue weighted by Gasteiger charge is -2.13. The van der Waals surface area contributed by atoms with Crippen LogP contribution in [0, 0.1) is 6.92 Å². The molecule has 0 fully saturated rings. The molecule has 0 aliphatic heterocycles. The molecule has 0 N–H and O–H groups in total. The third-order valence-corrected chi connectivity index (χ3v) is 8.15. The van der Waals surface area contributed by atoms with Crippen LogP contribution in [0.25, 0.3) is 64.0 Å². The smallest absolute Gasteiger partial charge is 0.0433 e. The Kier molecular flexibility index (Phi) is 4.33. The molecular weight excluding hydrogens is 428 g/mol. The molecule has 160 valence electrons. The molecule has 0 aliphatic carbocycles. The topological polar surface area (TPSA) is 0 Å². The summed E-state index contributed by atoms with van der Waals surface area (Å²) in [6, 6.07) is 42.4. The van der Waals surface area contributed by atoms with Crippen molar-refractivity contribution >= 4 is 53.1 Å². The SMILES string of the molecule is Cc1ccc2c(-c3ccc(-c4cccc5c4sc4ccccc45)cc3)cc3ccccc3c2c1. The summed E-state index contributed by atoms with van der Waals surface area (Å²) in [6.07, 6.45) is 0. The quantitative estimate of drug-likeness (QED) is 0.230. The highest BCUT2D eigenvalue weighted by atomic mass is 32.1. The first-order chi connectivity index (χ1) is 16.8. The summed E-state index contributed by atoms with van der Waals surface area (Å²) in [5.74, 6) is 0. The van der Waals surface area contributed by atoms with E-state index in [4.69, 9.17) is 0 Å². The lowest BCUT2D eigenvalue weighted by molar-refractivity contribution is 1.51. The van der Waals surface area contributed by atoms with Gasteiger partial charge in [0.2, 0.25) is 0 Å². The van der Waals surface area contributed by atoms with Gasteiger partial charge in [0.15, 0.2) is 0 Å². The van der Waals surface area contributed by atoms with E-state index in [2.05, 4.69) is 122 Å². The van der Waals surface area contributed by atoms with Gasteiger partial charge >= 0.3 is 0 Å². The third-order valence-electron chi connectivity index (χ3n) is 6.93. The monoisotopic (exact) mass is 450 g/mol. The standard InChI is InChI=1S/C33H22S/c1-21-13-18-27-30(20-24-7-2-3-8-25(24)31(27)19-21)23-16-14-22(15-17-23)26-10-6-11-29-28-9-4-5-12-32(28)34-33(26)29/h2-20H,1H3. The maximum atomic E-state index is 2.34. The molecular formula is C33H22S. The Bertz CT molecular complexity index is 1850. The number of hydrogen-bond donors (Lipinski definition) is 0. The first kappa shape index (κ1) is 19.5. The minimum Gasteiger partial charge on any atom is -0.135 e. The summed E-state index contributed by atoms with van der Waals surface area (Å²) in [7, 11) is 0. The van der Waals surface area contributed by atoms with Crippen LogP contribution in [0.3, 0.4) is 0 Å². The summed E-state index contributed by atoms with van der Waals surface area (Å²) in [4.78, 5) is 0. The molecule has 7 aromatic rings. The fourth-order valence-electron chi connectivity index (χ4n) is 5.26. The molecule has 0 unspecified atom stereocenters. The van der Waals surface area contributed by atoms with E-state index in [9.17, 15) is 0 Å². The van der Waals surface area contributed by atoms with Gasteiger partial charge in [0.1, 0.15) is 0 Å². The van der Waals surface area contributed by atoms with E-state index < -0.39 is 0 Å². The second-order valence-electron chi connectivity index (χ2n) is 9.05. The zero-order valence-electron chi connectivity index (χ0n) is 18.9. The van der Waals surface area contributed by atoms with Crippen molar-refractivity contribution in [3.05, 3.63) is 121 Å². The van der Waals surface area contributed by atoms with E-state index in [1.54, 1.807) is 0 Å². The van der Waals surface area contributed by atoms with E-state index in [-0.39, 0.29) is 0 Å². The summed E-state index contributed by atoms with van der Waals surface area (Å²) in [6.45, 7) is 2.17. The van der Waals surface area contributed by atoms with E-state index in [1.807, 2.05) is 11.3 Å². The maximum absolute atomic E-state index is 2.34. The molecule has 0 nitrogen and oxygen atoms in total. The van der Waals surface area contributed by atoms with Crippen LogP contribution in [0.4, 0.5) is 0 Å². The lowest BCUT2D eigenvalue weighted by Crippen LogP contribution is -1.86. The number of benzene rings is 6. The average Bonchev–Trinajstić information content (AvgIpc) is 3.27. The molecule has 1 heteroatoms. The van der Waals surface area contributed by atoms with Gasteiger partial charge in [-0.05, 0) is 62.9 Å². The van der Waals surface area contributed by atoms with Crippen LogP contribution < -0.4 is 0 Å². The molecule has 1 aromatic heterocycles. The molecule has 0 aliphatic rings. The van der Waals surface area contributed by atoms with Crippen LogP contribution in [0.15, 0.2) is 115 Å². The molecule has 0 atom stereocenters. The molecule has 6 aromatic carbocycles. The van der Waals surface area contributed by atoms with Crippen LogP contribution in [0.2, 0.25) is 0 Å². The Hall–Kier alpha value is -3.94. The highest BCUT2D eigenvalue weighted by molar-refractivity contribution is 7.26. The molecule has 1 heterocycles. The lowest BCUT2D eigenvalue weighted by atomic mass is 9.91. The first-order valence-corrected chi connectivity index (χ1v) is 12.5. The second-order valence-corrected chi connectivity index (χ2v) is 10.1. The fourth-order valence-corrected chi connectivity index (χ4v) is 6.50. The zero-order chi connectivity index (χ0) is 22.6. The van der Waals surface area contributed by atoms with Crippen molar-refractivity contribution in [3.8, 4) is 22.3 Å². The zero-order valence-corrected chi connectivity index (χ0v) is 19.7. The fraction of sp³-hybridized carbons (Fsp3) is 0.0303. The van der Waals surface area contributed by atoms with Crippen LogP contribution in [0.1, 0.15) is 5.56 Å². The van der Waals surface area contributed by atoms with Gasteiger partial charge < -0.3 is 0 Å². The molecule has 0 amide bonds. The molecule has 0 bridgehead atoms. The molecule has 0 saturated heterocycles. The highest BCUT2D eigenvalue weighted by Crippen LogP contribution is 2.41. The number of rotatable bonds is 2. The average molecular weight is 451 g/mol. The Morgan fingerprint density at radius 3 is 2.03 bits per heavy atom. The van der Waals surface area contributed by atoms with Gasteiger partial charge in [0.25, 0.3) is 0 Å². The minimum absolute atomic E-state index is 1.26. The summed E-state index contributed by atoms with van der Waals surface area (Å²) in [5, 5.41) is 7.93. The van der Waals surface area contributed by atoms with Gasteiger partial charge in [-0.1, -0.05) is 109 Å². The summed E-state index contributed by atoms with van der Waals surface area (Å²) < 4.78 is 2.71. The third kappa shape index (κ3) is 2.98. The Labute approximate surface area is 202 Å². The van der Waals surface area contributed by atoms with Gasteiger partial charge in [-0.3, -0.25) is 0 Å². The van der Waals surface area contributed by atoms with Crippen molar-refractivity contribution in [1.29, 1.82) is 0 Å². The minimum atomic E-state index is 1.26. The summed E-state index contributed by atoms with van der Waals surface area (Å²) >= 11 is 1.89. The Morgan fingerprint density at radius 2 is 1.18 bits per heavy atom. The van der Waals surface area contributed by atoms with Gasteiger partial charge in [0.05, 0.1) is 0 Å². The van der Waals surface area contributed by atoms with Crippen LogP contribution in [0.5, 0.6) is 0 Å². The van der Waals surface area contributed by atoms with E-state index >= 15 is 0 Å². The Balaban J connectivity index is 1.40. The second kappa shape index (κ2) is 7.55. The molecule has 34 heavy (non-hydrogen) atoms. The van der Waals surface area contributed by atoms with Gasteiger partial charge in [-0.25, -0.2) is 0 Å². The summed E-state index contributed by atoms with van der Waals surface area (Å²) in [5.41, 5.74) is 6.42. The van der Waals surface area contributed by atoms with Crippen molar-refractivity contribution in [2.24, 2.45) is 0 Å². The molecule has 0 spiro atoms. The van der Waals surface area contributed by atoms with Crippen molar-refractivity contribution in [3.63, 3.8) is 0 Å². The van der Waals surface area contributed by atoms with E-state index in [1.165, 1.54) is 69.5 Å². The van der Waals surface area contributed by atoms with Crippen LogP contribution in [-0.4, -0.2) is 0 Å². The predicted molar refractivity (Wildman–Crippen MR) is 150 cm³/mol. The highest BCUT2D eigenvalue weighted by Gasteiger charge is 2.12. The van der Waals surface area contributed by atoms with Crippen LogP contribution >= 0.6 is 11.3 Å². The normalized spacial score (nSPS) is 11.7. The molecule has 0 saturated carbocycles. The maximum Gasteiger partial charge on any atom is 0.0433 e. The number of thiophene rings is 1. The van der Waals surface area contributed by atoms with Crippen molar-refractivity contribution in [2.45, 2.75) is 6.92 Å². The Morgan fingerprint density at radius 1 is 0.471 bits per heavy atom. The van der Waals surface area contributed by atoms with Gasteiger partial charge in [-0.15, -0.1) is 11.3 Å². The van der Waals surface area contributed by atoms with Crippen molar-refractivity contribution in [2.75, 3.05) is 0 Å². The number of fused-ring (bicyclic) bond motifs is 6.